The van der Waals surface area contributed by atoms with Crippen LogP contribution in [-0.4, -0.2) is 18.6 Å². The van der Waals surface area contributed by atoms with Gasteiger partial charge in [0.1, 0.15) is 0 Å². The molecule has 3 aromatic rings. The maximum atomic E-state index is 12.5. The van der Waals surface area contributed by atoms with Crippen LogP contribution < -0.4 is 4.72 Å². The summed E-state index contributed by atoms with van der Waals surface area (Å²) < 4.78 is 32.4. The summed E-state index contributed by atoms with van der Waals surface area (Å²) in [7, 11) is -3.69. The lowest BCUT2D eigenvalue weighted by atomic mass is 10.2. The fourth-order valence-electron chi connectivity index (χ4n) is 2.12. The van der Waals surface area contributed by atoms with Crippen LogP contribution in [0.2, 0.25) is 5.02 Å². The fourth-order valence-corrected chi connectivity index (χ4v) is 3.37. The zero-order chi connectivity index (χ0) is 17.2. The van der Waals surface area contributed by atoms with Gasteiger partial charge >= 0.3 is 0 Å². The van der Waals surface area contributed by atoms with E-state index in [1.54, 1.807) is 43.3 Å². The molecule has 0 saturated heterocycles. The third-order valence-electron chi connectivity index (χ3n) is 3.34. The average molecular weight is 364 g/mol. The van der Waals surface area contributed by atoms with Crippen LogP contribution in [0, 0.1) is 6.92 Å². The van der Waals surface area contributed by atoms with Gasteiger partial charge in [-0.3, -0.25) is 0 Å². The van der Waals surface area contributed by atoms with Crippen LogP contribution in [0.1, 0.15) is 11.5 Å². The summed E-state index contributed by atoms with van der Waals surface area (Å²) in [5.41, 5.74) is 1.26. The van der Waals surface area contributed by atoms with Gasteiger partial charge in [0.25, 0.3) is 0 Å². The van der Waals surface area contributed by atoms with E-state index in [1.165, 1.54) is 12.1 Å². The summed E-state index contributed by atoms with van der Waals surface area (Å²) in [5, 5.41) is 4.31. The van der Waals surface area contributed by atoms with E-state index in [0.717, 1.165) is 0 Å². The van der Waals surface area contributed by atoms with E-state index in [9.17, 15) is 8.42 Å². The number of nitrogens with zero attached hydrogens (tertiary/aromatic N) is 2. The van der Waals surface area contributed by atoms with Crippen molar-refractivity contribution >= 4 is 21.6 Å². The topological polar surface area (TPSA) is 85.1 Å². The van der Waals surface area contributed by atoms with Crippen molar-refractivity contribution in [1.82, 2.24) is 14.9 Å². The Balaban J connectivity index is 1.83. The van der Waals surface area contributed by atoms with Crippen LogP contribution in [0.3, 0.4) is 0 Å². The van der Waals surface area contributed by atoms with E-state index >= 15 is 0 Å². The normalized spacial score (nSPS) is 11.6. The predicted molar refractivity (Wildman–Crippen MR) is 89.9 cm³/mol. The molecule has 0 radical (unpaired) electrons. The number of halogens is 1. The van der Waals surface area contributed by atoms with Crippen molar-refractivity contribution in [1.29, 1.82) is 0 Å². The molecule has 0 amide bonds. The Bertz CT molecular complexity index is 970. The minimum Gasteiger partial charge on any atom is -0.339 e. The smallest absolute Gasteiger partial charge is 0.240 e. The Morgan fingerprint density at radius 3 is 2.67 bits per heavy atom. The highest BCUT2D eigenvalue weighted by Crippen LogP contribution is 2.21. The molecule has 0 unspecified atom stereocenters. The summed E-state index contributed by atoms with van der Waals surface area (Å²) >= 11 is 6.04. The Morgan fingerprint density at radius 2 is 1.96 bits per heavy atom. The second kappa shape index (κ2) is 6.72. The standard InChI is InChI=1S/C16H14ClN3O3S/c1-11-19-16(20-23-11)12-6-4-7-14(9-12)24(21,22)18-10-13-5-2-3-8-15(13)17/h2-9,18H,10H2,1H3. The van der Waals surface area contributed by atoms with E-state index < -0.39 is 10.0 Å². The Hall–Kier alpha value is -2.22. The monoisotopic (exact) mass is 363 g/mol. The lowest BCUT2D eigenvalue weighted by Crippen LogP contribution is -2.23. The van der Waals surface area contributed by atoms with Crippen LogP contribution in [0.25, 0.3) is 11.4 Å². The van der Waals surface area contributed by atoms with Gasteiger partial charge in [-0.15, -0.1) is 0 Å². The van der Waals surface area contributed by atoms with Crippen LogP contribution in [0.4, 0.5) is 0 Å². The molecule has 8 heteroatoms. The number of hydrogen-bond acceptors (Lipinski definition) is 5. The van der Waals surface area contributed by atoms with Crippen LogP contribution >= 0.6 is 11.6 Å². The molecular weight excluding hydrogens is 350 g/mol. The molecule has 1 aromatic heterocycles. The highest BCUT2D eigenvalue weighted by Gasteiger charge is 2.16. The number of aromatic nitrogens is 2. The average Bonchev–Trinajstić information content (AvgIpc) is 3.01. The van der Waals surface area contributed by atoms with Gasteiger partial charge in [0, 0.05) is 24.1 Å². The zero-order valence-corrected chi connectivity index (χ0v) is 14.3. The molecule has 0 bridgehead atoms. The molecule has 0 saturated carbocycles. The van der Waals surface area contributed by atoms with Crippen molar-refractivity contribution < 1.29 is 12.9 Å². The third kappa shape index (κ3) is 3.64. The first-order valence-corrected chi connectivity index (χ1v) is 8.96. The van der Waals surface area contributed by atoms with Crippen molar-refractivity contribution in [3.05, 3.63) is 65.0 Å². The van der Waals surface area contributed by atoms with Gasteiger partial charge in [0.15, 0.2) is 0 Å². The van der Waals surface area contributed by atoms with E-state index in [4.69, 9.17) is 16.1 Å². The zero-order valence-electron chi connectivity index (χ0n) is 12.7. The van der Waals surface area contributed by atoms with Crippen molar-refractivity contribution in [3.63, 3.8) is 0 Å². The molecule has 3 rings (SSSR count). The minimum absolute atomic E-state index is 0.105. The SMILES string of the molecule is Cc1nc(-c2cccc(S(=O)(=O)NCc3ccccc3Cl)c2)no1. The first-order valence-electron chi connectivity index (χ1n) is 7.09. The van der Waals surface area contributed by atoms with Gasteiger partial charge in [0.05, 0.1) is 4.90 Å². The number of sulfonamides is 1. The quantitative estimate of drug-likeness (QED) is 0.752. The van der Waals surface area contributed by atoms with Gasteiger partial charge in [-0.25, -0.2) is 13.1 Å². The minimum atomic E-state index is -3.69. The lowest BCUT2D eigenvalue weighted by Gasteiger charge is -2.08. The summed E-state index contributed by atoms with van der Waals surface area (Å²) in [4.78, 5) is 4.22. The van der Waals surface area contributed by atoms with Crippen LogP contribution in [-0.2, 0) is 16.6 Å². The molecule has 124 valence electrons. The summed E-state index contributed by atoms with van der Waals surface area (Å²) in [6, 6.07) is 13.4. The molecule has 0 aliphatic rings. The molecule has 0 aliphatic heterocycles. The summed E-state index contributed by atoms with van der Waals surface area (Å²) in [6.45, 7) is 1.77. The van der Waals surface area contributed by atoms with Crippen LogP contribution in [0.5, 0.6) is 0 Å². The largest absolute Gasteiger partial charge is 0.339 e. The maximum absolute atomic E-state index is 12.5. The number of rotatable bonds is 5. The molecule has 0 atom stereocenters. The number of aryl methyl sites for hydroxylation is 1. The lowest BCUT2D eigenvalue weighted by molar-refractivity contribution is 0.394. The van der Waals surface area contributed by atoms with Gasteiger partial charge in [-0.1, -0.05) is 47.1 Å². The van der Waals surface area contributed by atoms with E-state index in [0.29, 0.717) is 27.9 Å². The van der Waals surface area contributed by atoms with Crippen molar-refractivity contribution in [3.8, 4) is 11.4 Å². The highest BCUT2D eigenvalue weighted by molar-refractivity contribution is 7.89. The second-order valence-corrected chi connectivity index (χ2v) is 7.25. The molecule has 6 nitrogen and oxygen atoms in total. The van der Waals surface area contributed by atoms with Gasteiger partial charge in [0.2, 0.25) is 21.7 Å². The number of nitrogens with one attached hydrogen (secondary N) is 1. The molecule has 0 aliphatic carbocycles. The van der Waals surface area contributed by atoms with E-state index in [1.807, 2.05) is 0 Å². The molecule has 2 aromatic carbocycles. The maximum Gasteiger partial charge on any atom is 0.240 e. The van der Waals surface area contributed by atoms with Crippen molar-refractivity contribution in [2.24, 2.45) is 0 Å². The summed E-state index contributed by atoms with van der Waals surface area (Å²) in [5.74, 6) is 0.755. The predicted octanol–water partition coefficient (Wildman–Crippen LogP) is 3.18. The third-order valence-corrected chi connectivity index (χ3v) is 5.11. The van der Waals surface area contributed by atoms with Crippen LogP contribution in [0.15, 0.2) is 57.9 Å². The molecule has 24 heavy (non-hydrogen) atoms. The highest BCUT2D eigenvalue weighted by atomic mass is 35.5. The van der Waals surface area contributed by atoms with Gasteiger partial charge < -0.3 is 4.52 Å². The Labute approximate surface area is 144 Å². The molecule has 0 fully saturated rings. The van der Waals surface area contributed by atoms with Crippen molar-refractivity contribution in [2.45, 2.75) is 18.4 Å². The molecule has 1 heterocycles. The van der Waals surface area contributed by atoms with E-state index in [2.05, 4.69) is 14.9 Å². The molecular formula is C16H14ClN3O3S. The summed E-state index contributed by atoms with van der Waals surface area (Å²) in [6.07, 6.45) is 0. The first-order chi connectivity index (χ1) is 11.5. The van der Waals surface area contributed by atoms with Gasteiger partial charge in [-0.2, -0.15) is 4.98 Å². The first kappa shape index (κ1) is 16.6. The Morgan fingerprint density at radius 1 is 1.17 bits per heavy atom. The van der Waals surface area contributed by atoms with Crippen molar-refractivity contribution in [2.75, 3.05) is 0 Å². The molecule has 0 spiro atoms. The Kier molecular flexibility index (Phi) is 4.66. The second-order valence-electron chi connectivity index (χ2n) is 5.08. The van der Waals surface area contributed by atoms with Gasteiger partial charge in [-0.05, 0) is 23.8 Å². The number of benzene rings is 2. The number of hydrogen-bond donors (Lipinski definition) is 1. The van der Waals surface area contributed by atoms with E-state index in [-0.39, 0.29) is 11.4 Å². The molecule has 1 N–H and O–H groups in total. The fraction of sp³-hybridized carbons (Fsp3) is 0.125.